The number of ether oxygens (including phenoxy) is 5. The number of likely N-dealkylation sites (N-methyl/N-ethyl adjacent to an activating group) is 1. The minimum Gasteiger partial charge on any atom is -0.504 e. The molecule has 0 spiro atoms. The standard InChI is InChI=1S/C15H22BrFN4O.C13H18BrN3.C13H18F2N2O2.C12H16BrFN2.C12H14FN.C11H14BrFN2.2C11H15FN2O2.C11H15FN2/c1-20-5-7-21(8-6-20)15(18)19-11-12-2-3-14(13(16)10-12)22-9-4-17;1-2-6-16-7-8-17(13(16)15)10-11-4-3-5-12(14)9-11;1-10(16)17-9-11-2-3-12(18-6-4-14)13(8-11)19-7-5-15;1-9(15)16-8-10-4-5-11(3-2-6-14)12(13)7-10;1-2-10-3-4-12-11(9-10)5-7-14(12)8-6-13;1-8(14)15-7-9-2-3-10(4-5-13)11(12)6-9;1-8(13)14-7-9-2-3-11(10(15)6-9)16-5-4-12;1-8(13)14-7-9-2-3-10(15)11(6-9)16-5-4-12;1-9(13)14-8-11-4-2-10(3-5-11)6-7-12/h2-3,10H,4-9,11H2,1H3,(H2,18,19);3-5,9,15H,2,6-8,10H2,1H3;2-3,8H,4-7,9H2,1H3,(H2,16,17);4-5,7H,2-3,6,8H2,1H3,(H2,15,16);3-5,7,9H,2,6,8H2,1H3;2-3,6H,4-5,7H2,1H3,(H2,14,15);2*2-3,6,15H,4-5,7H2,1H3,(H2,13,14);2-5H,6-8H2,1H3,(H2,13,14). The highest BCUT2D eigenvalue weighted by Crippen LogP contribution is 2.33. The summed E-state index contributed by atoms with van der Waals surface area (Å²) in [4.78, 5) is 37.6. The summed E-state index contributed by atoms with van der Waals surface area (Å²) >= 11 is 13.8. The summed E-state index contributed by atoms with van der Waals surface area (Å²) in [5, 5.41) is 28.3. The van der Waals surface area contributed by atoms with Crippen LogP contribution in [-0.4, -0.2) is 227 Å². The average Bonchev–Trinajstić information content (AvgIpc) is 1.75. The lowest BCUT2D eigenvalue weighted by atomic mass is 10.1. The number of halogens is 13. The number of hydrogen-bond acceptors (Lipinski definition) is 16. The molecule has 3 heterocycles. The molecule has 40 heteroatoms. The van der Waals surface area contributed by atoms with Gasteiger partial charge in [0.25, 0.3) is 0 Å². The molecule has 9 aromatic carbocycles. The van der Waals surface area contributed by atoms with E-state index in [1.54, 1.807) is 84.0 Å². The van der Waals surface area contributed by atoms with Crippen LogP contribution in [0.15, 0.2) is 241 Å². The van der Waals surface area contributed by atoms with Crippen molar-refractivity contribution in [1.29, 1.82) is 5.41 Å². The van der Waals surface area contributed by atoms with Gasteiger partial charge in [0.05, 0.1) is 112 Å². The third kappa shape index (κ3) is 54.1. The van der Waals surface area contributed by atoms with E-state index in [1.165, 1.54) is 28.6 Å². The van der Waals surface area contributed by atoms with Gasteiger partial charge < -0.3 is 98.2 Å². The lowest BCUT2D eigenvalue weighted by molar-refractivity contribution is 0.213. The van der Waals surface area contributed by atoms with Crippen LogP contribution < -0.4 is 63.8 Å². The van der Waals surface area contributed by atoms with Crippen molar-refractivity contribution < 1.29 is 73.4 Å². The van der Waals surface area contributed by atoms with Gasteiger partial charge in [0.1, 0.15) is 78.8 Å². The topological polar surface area (TPSA) is 397 Å². The van der Waals surface area contributed by atoms with Gasteiger partial charge in [-0.25, -0.2) is 31.3 Å². The second kappa shape index (κ2) is 75.4. The van der Waals surface area contributed by atoms with Crippen molar-refractivity contribution in [1.82, 2.24) is 24.2 Å². The van der Waals surface area contributed by atoms with Gasteiger partial charge in [0, 0.05) is 90.3 Å². The molecule has 0 radical (unpaired) electrons. The summed E-state index contributed by atoms with van der Waals surface area (Å²) in [6.45, 7) is 21.9. The van der Waals surface area contributed by atoms with Gasteiger partial charge in [-0.15, -0.1) is 0 Å². The van der Waals surface area contributed by atoms with Gasteiger partial charge >= 0.3 is 0 Å². The molecule has 0 unspecified atom stereocenters. The van der Waals surface area contributed by atoms with Gasteiger partial charge in [0.15, 0.2) is 46.4 Å². The van der Waals surface area contributed by atoms with Crippen molar-refractivity contribution in [3.63, 3.8) is 0 Å². The molecule has 12 rings (SSSR count). The number of fused-ring (bicyclic) bond motifs is 1. The molecule has 10 aromatic rings. The number of phenolic OH excluding ortho intramolecular Hbond substituents is 2. The van der Waals surface area contributed by atoms with Gasteiger partial charge in [-0.1, -0.05) is 153 Å². The molecule has 816 valence electrons. The maximum atomic E-state index is 12.2. The number of guanidine groups is 2. The Hall–Kier alpha value is -12.3. The SMILES string of the molecule is CC(N)=NCc1ccc(CCCF)c(Br)c1.CC(N)=NCc1ccc(CCF)c(Br)c1.CC(N)=NCc1ccc(CCF)cc1.CC(N)=NCc1ccc(O)c(OCCF)c1.CC(N)=NCc1ccc(OCCF)c(O)c1.CC(N)=NCc1ccc(OCCF)c(OCCF)c1.CCCN1CCN(Cc2cccc(Br)c2)C1=N.CCc1ccc2c(ccn2CCF)c1.CN1CCN(C(N)=NCc2ccc(OCCF)c(Br)c2)CC1. The molecule has 2 aliphatic heterocycles. The Labute approximate surface area is 905 Å². The first-order chi connectivity index (χ1) is 71.6. The second-order valence-electron chi connectivity index (χ2n) is 33.7. The van der Waals surface area contributed by atoms with Crippen molar-refractivity contribution in [3.8, 4) is 40.2 Å². The Morgan fingerprint density at radius 2 is 0.772 bits per heavy atom. The van der Waals surface area contributed by atoms with E-state index >= 15 is 0 Å². The highest BCUT2D eigenvalue weighted by atomic mass is 79.9. The Morgan fingerprint density at radius 3 is 1.24 bits per heavy atom. The quantitative estimate of drug-likeness (QED) is 0.00964. The lowest BCUT2D eigenvalue weighted by Gasteiger charge is -2.33. The number of amidine groups is 6. The Bertz CT molecular complexity index is 5690. The molecule has 0 bridgehead atoms. The number of phenols is 2. The van der Waals surface area contributed by atoms with Crippen LogP contribution in [0.3, 0.4) is 0 Å². The number of piperazine rings is 1. The number of hydrogen-bond donors (Lipinski definition) is 10. The normalized spacial score (nSPS) is 12.8. The first-order valence-electron chi connectivity index (χ1n) is 48.7. The molecule has 2 aliphatic rings. The second-order valence-corrected chi connectivity index (χ2v) is 37.2. The van der Waals surface area contributed by atoms with Crippen LogP contribution in [0.4, 0.5) is 39.5 Å². The minimum atomic E-state index is -0.604. The molecule has 2 fully saturated rings. The molecule has 27 nitrogen and oxygen atoms in total. The number of aryl methyl sites for hydroxylation is 5. The van der Waals surface area contributed by atoms with E-state index in [-0.39, 0.29) is 82.7 Å². The van der Waals surface area contributed by atoms with Gasteiger partial charge in [0.2, 0.25) is 0 Å². The van der Waals surface area contributed by atoms with Gasteiger partial charge in [-0.05, 0) is 253 Å². The number of aromatic nitrogens is 1. The molecule has 2 saturated heterocycles. The first kappa shape index (κ1) is 129. The van der Waals surface area contributed by atoms with Crippen molar-refractivity contribution in [2.45, 2.75) is 153 Å². The first-order valence-corrected chi connectivity index (χ1v) is 51.8. The molecule has 0 atom stereocenters. The fourth-order valence-electron chi connectivity index (χ4n) is 13.5. The molecule has 1 aromatic heterocycles. The largest absolute Gasteiger partial charge is 0.504 e. The van der Waals surface area contributed by atoms with E-state index in [1.807, 2.05) is 108 Å². The smallest absolute Gasteiger partial charge is 0.194 e. The zero-order chi connectivity index (χ0) is 110. The summed E-state index contributed by atoms with van der Waals surface area (Å²) < 4.78 is 140. The third-order valence-electron chi connectivity index (χ3n) is 21.2. The van der Waals surface area contributed by atoms with E-state index in [9.17, 15) is 49.7 Å². The lowest BCUT2D eigenvalue weighted by Crippen LogP contribution is -2.49. The van der Waals surface area contributed by atoms with Crippen LogP contribution in [0.25, 0.3) is 10.9 Å². The number of benzene rings is 9. The number of aromatic hydroxyl groups is 2. The molecule has 0 aliphatic carbocycles. The highest BCUT2D eigenvalue weighted by molar-refractivity contribution is 9.11. The maximum Gasteiger partial charge on any atom is 0.194 e. The monoisotopic (exact) mass is 2330 g/mol. The number of nitrogens with one attached hydrogen (secondary N) is 1. The summed E-state index contributed by atoms with van der Waals surface area (Å²) in [5.41, 5.74) is 52.3. The van der Waals surface area contributed by atoms with Crippen LogP contribution in [0.1, 0.15) is 135 Å². The van der Waals surface area contributed by atoms with Crippen LogP contribution in [-0.2, 0) is 84.6 Å². The van der Waals surface area contributed by atoms with Crippen molar-refractivity contribution in [3.05, 3.63) is 273 Å². The van der Waals surface area contributed by atoms with Crippen molar-refractivity contribution in [2.24, 2.45) is 75.1 Å². The molecular formula is C109H147Br4F9N20O7. The van der Waals surface area contributed by atoms with E-state index < -0.39 is 33.4 Å². The molecule has 0 amide bonds. The Morgan fingerprint density at radius 1 is 0.356 bits per heavy atom. The predicted octanol–water partition coefficient (Wildman–Crippen LogP) is 21.6. The number of alkyl halides is 9. The summed E-state index contributed by atoms with van der Waals surface area (Å²) in [5.74, 6) is 6.36. The average molecular weight is 2340 g/mol. The van der Waals surface area contributed by atoms with E-state index in [2.05, 4.69) is 169 Å². The van der Waals surface area contributed by atoms with Crippen LogP contribution >= 0.6 is 63.7 Å². The maximum absolute atomic E-state index is 12.2. The summed E-state index contributed by atoms with van der Waals surface area (Å²) in [6, 6.07) is 56.8. The molecule has 17 N–H and O–H groups in total. The van der Waals surface area contributed by atoms with Crippen LogP contribution in [0, 0.1) is 5.41 Å². The van der Waals surface area contributed by atoms with E-state index in [0.29, 0.717) is 136 Å². The molecular weight excluding hydrogens is 2190 g/mol. The minimum absolute atomic E-state index is 0.00866. The number of rotatable bonds is 43. The van der Waals surface area contributed by atoms with Crippen LogP contribution in [0.5, 0.6) is 40.2 Å². The summed E-state index contributed by atoms with van der Waals surface area (Å²) in [6.07, 6.45) is 6.36. The number of aliphatic imine (C=N–C) groups is 7. The predicted molar refractivity (Wildman–Crippen MR) is 604 cm³/mol. The Balaban J connectivity index is 0.000000350. The Kier molecular flexibility index (Phi) is 65.3. The van der Waals surface area contributed by atoms with E-state index in [4.69, 9.17) is 69.2 Å². The van der Waals surface area contributed by atoms with Gasteiger partial charge in [-0.3, -0.25) is 48.5 Å². The molecule has 149 heavy (non-hydrogen) atoms. The molecule has 0 saturated carbocycles. The van der Waals surface area contributed by atoms with Crippen molar-refractivity contribution in [2.75, 3.05) is 146 Å². The number of nitrogens with zero attached hydrogens (tertiary/aromatic N) is 12. The fourth-order valence-corrected chi connectivity index (χ4v) is 15.8. The third-order valence-corrected chi connectivity index (χ3v) is 23.8. The van der Waals surface area contributed by atoms with Crippen LogP contribution in [0.2, 0.25) is 0 Å². The van der Waals surface area contributed by atoms with Crippen molar-refractivity contribution >= 4 is 122 Å². The highest BCUT2D eigenvalue weighted by Gasteiger charge is 2.25. The zero-order valence-electron chi connectivity index (χ0n) is 86.6. The van der Waals surface area contributed by atoms with E-state index in [0.717, 1.165) is 151 Å². The zero-order valence-corrected chi connectivity index (χ0v) is 93.0. The van der Waals surface area contributed by atoms with Gasteiger partial charge in [-0.2, -0.15) is 0 Å². The number of nitrogens with two attached hydrogens (primary N) is 7. The summed E-state index contributed by atoms with van der Waals surface area (Å²) in [7, 11) is 2.11. The fraction of sp³-hybridized carbons (Fsp3) is 0.413.